The second-order valence-electron chi connectivity index (χ2n) is 7.62. The van der Waals surface area contributed by atoms with Crippen molar-refractivity contribution >= 4 is 11.6 Å². The van der Waals surface area contributed by atoms with Crippen molar-refractivity contribution in [2.24, 2.45) is 5.73 Å². The van der Waals surface area contributed by atoms with E-state index in [4.69, 9.17) is 5.73 Å². The number of aryl methyl sites for hydroxylation is 3. The number of hydrogen-bond donors (Lipinski definition) is 1. The number of primary amides is 1. The second-order valence-corrected chi connectivity index (χ2v) is 7.62. The van der Waals surface area contributed by atoms with E-state index in [2.05, 4.69) is 30.5 Å². The first kappa shape index (κ1) is 19.6. The van der Waals surface area contributed by atoms with E-state index in [0.29, 0.717) is 29.9 Å². The standard InChI is InChI=1S/C21H22N8O/c1-13-4-5-19(25-10-13)21(8-17-12-23-14(2)11-24-17)7-16(20(22)30)6-18(9-21)29-15(3)26-27-28-29/h4-6,9-12H,7-8H2,1-3H3,(H2,22,30). The number of pyridine rings is 1. The highest BCUT2D eigenvalue weighted by atomic mass is 16.1. The number of allylic oxidation sites excluding steroid dienone is 3. The lowest BCUT2D eigenvalue weighted by atomic mass is 9.71. The minimum atomic E-state index is -0.662. The molecule has 4 rings (SSSR count). The fourth-order valence-electron chi connectivity index (χ4n) is 3.66. The SMILES string of the molecule is Cc1ccc(C2(Cc3cnc(C)cn3)C=C(n3nnnc3C)C=C(C(N)=O)C2)nc1. The number of rotatable bonds is 5. The summed E-state index contributed by atoms with van der Waals surface area (Å²) in [6, 6.07) is 3.98. The molecule has 0 aliphatic heterocycles. The van der Waals surface area contributed by atoms with Gasteiger partial charge in [-0.25, -0.2) is 0 Å². The van der Waals surface area contributed by atoms with Crippen molar-refractivity contribution in [3.63, 3.8) is 0 Å². The quantitative estimate of drug-likeness (QED) is 0.687. The maximum Gasteiger partial charge on any atom is 0.244 e. The average molecular weight is 402 g/mol. The summed E-state index contributed by atoms with van der Waals surface area (Å²) < 4.78 is 1.59. The summed E-state index contributed by atoms with van der Waals surface area (Å²) in [6.45, 7) is 5.67. The Labute approximate surface area is 173 Å². The molecule has 0 radical (unpaired) electrons. The van der Waals surface area contributed by atoms with E-state index in [1.54, 1.807) is 30.1 Å². The van der Waals surface area contributed by atoms with Gasteiger partial charge < -0.3 is 5.73 Å². The minimum Gasteiger partial charge on any atom is -0.366 e. The molecule has 0 saturated carbocycles. The Hall–Kier alpha value is -3.75. The highest BCUT2D eigenvalue weighted by Crippen LogP contribution is 2.40. The first-order valence-corrected chi connectivity index (χ1v) is 9.55. The summed E-state index contributed by atoms with van der Waals surface area (Å²) in [5.41, 5.74) is 9.68. The zero-order chi connectivity index (χ0) is 21.3. The van der Waals surface area contributed by atoms with Gasteiger partial charge in [0, 0.05) is 36.0 Å². The van der Waals surface area contributed by atoms with Crippen LogP contribution in [-0.4, -0.2) is 41.1 Å². The Morgan fingerprint density at radius 3 is 2.57 bits per heavy atom. The lowest BCUT2D eigenvalue weighted by molar-refractivity contribution is -0.114. The molecule has 0 aromatic carbocycles. The van der Waals surface area contributed by atoms with Crippen LogP contribution < -0.4 is 5.73 Å². The van der Waals surface area contributed by atoms with Gasteiger partial charge in [0.05, 0.1) is 22.8 Å². The first-order chi connectivity index (χ1) is 14.4. The van der Waals surface area contributed by atoms with Gasteiger partial charge in [-0.2, -0.15) is 4.68 Å². The van der Waals surface area contributed by atoms with Crippen LogP contribution in [0.3, 0.4) is 0 Å². The van der Waals surface area contributed by atoms with Crippen molar-refractivity contribution in [2.75, 3.05) is 0 Å². The van der Waals surface area contributed by atoms with Crippen molar-refractivity contribution in [1.82, 2.24) is 35.2 Å². The van der Waals surface area contributed by atoms with Crippen molar-refractivity contribution < 1.29 is 4.79 Å². The molecular weight excluding hydrogens is 380 g/mol. The molecule has 1 amide bonds. The van der Waals surface area contributed by atoms with Crippen LogP contribution in [-0.2, 0) is 16.6 Å². The van der Waals surface area contributed by atoms with Crippen molar-refractivity contribution in [2.45, 2.75) is 39.0 Å². The molecule has 0 spiro atoms. The van der Waals surface area contributed by atoms with E-state index in [1.807, 2.05) is 38.3 Å². The third kappa shape index (κ3) is 3.73. The lowest BCUT2D eigenvalue weighted by Gasteiger charge is -2.34. The molecule has 9 nitrogen and oxygen atoms in total. The summed E-state index contributed by atoms with van der Waals surface area (Å²) in [5.74, 6) is 0.113. The molecule has 152 valence electrons. The Balaban J connectivity index is 1.90. The highest BCUT2D eigenvalue weighted by molar-refractivity contribution is 5.95. The molecule has 0 bridgehead atoms. The van der Waals surface area contributed by atoms with Gasteiger partial charge in [-0.1, -0.05) is 6.07 Å². The number of carbonyl (C=O) groups is 1. The third-order valence-electron chi connectivity index (χ3n) is 5.19. The van der Waals surface area contributed by atoms with E-state index in [-0.39, 0.29) is 0 Å². The van der Waals surface area contributed by atoms with Crippen LogP contribution in [0.4, 0.5) is 0 Å². The Bertz CT molecular complexity index is 1140. The molecule has 1 unspecified atom stereocenters. The number of tetrazole rings is 1. The molecule has 3 aromatic rings. The molecule has 1 aliphatic carbocycles. The van der Waals surface area contributed by atoms with Gasteiger partial charge in [0.15, 0.2) is 5.82 Å². The largest absolute Gasteiger partial charge is 0.366 e. The molecule has 30 heavy (non-hydrogen) atoms. The Morgan fingerprint density at radius 2 is 1.97 bits per heavy atom. The summed E-state index contributed by atoms with van der Waals surface area (Å²) >= 11 is 0. The van der Waals surface area contributed by atoms with Crippen LogP contribution in [0.25, 0.3) is 5.70 Å². The zero-order valence-corrected chi connectivity index (χ0v) is 17.1. The topological polar surface area (TPSA) is 125 Å². The maximum atomic E-state index is 12.2. The second kappa shape index (κ2) is 7.58. The lowest BCUT2D eigenvalue weighted by Crippen LogP contribution is -2.34. The van der Waals surface area contributed by atoms with E-state index in [1.165, 1.54) is 0 Å². The molecule has 0 saturated heterocycles. The van der Waals surface area contributed by atoms with E-state index >= 15 is 0 Å². The summed E-state index contributed by atoms with van der Waals surface area (Å²) in [4.78, 5) is 25.8. The number of nitrogens with zero attached hydrogens (tertiary/aromatic N) is 7. The zero-order valence-electron chi connectivity index (χ0n) is 17.1. The maximum absolute atomic E-state index is 12.2. The van der Waals surface area contributed by atoms with Gasteiger partial charge in [0.25, 0.3) is 0 Å². The van der Waals surface area contributed by atoms with Gasteiger partial charge in [-0.3, -0.25) is 19.7 Å². The summed E-state index contributed by atoms with van der Waals surface area (Å²) in [6.07, 6.45) is 9.96. The number of carbonyl (C=O) groups excluding carboxylic acids is 1. The monoisotopic (exact) mass is 402 g/mol. The fraction of sp³-hybridized carbons (Fsp3) is 0.286. The van der Waals surface area contributed by atoms with Crippen molar-refractivity contribution in [1.29, 1.82) is 0 Å². The molecular formula is C21H22N8O. The summed E-state index contributed by atoms with van der Waals surface area (Å²) in [5, 5.41) is 11.8. The van der Waals surface area contributed by atoms with Crippen LogP contribution in [0.5, 0.6) is 0 Å². The molecule has 1 atom stereocenters. The Morgan fingerprint density at radius 1 is 1.13 bits per heavy atom. The minimum absolute atomic E-state index is 0.388. The average Bonchev–Trinajstić information content (AvgIpc) is 3.16. The third-order valence-corrected chi connectivity index (χ3v) is 5.19. The van der Waals surface area contributed by atoms with Crippen LogP contribution in [0.2, 0.25) is 0 Å². The van der Waals surface area contributed by atoms with Crippen molar-refractivity contribution in [3.05, 3.63) is 76.9 Å². The molecule has 9 heteroatoms. The molecule has 2 N–H and O–H groups in total. The fourth-order valence-corrected chi connectivity index (χ4v) is 3.66. The number of nitrogens with two attached hydrogens (primary N) is 1. The molecule has 0 fully saturated rings. The number of aromatic nitrogens is 7. The Kier molecular flexibility index (Phi) is 4.94. The van der Waals surface area contributed by atoms with Crippen LogP contribution in [0.15, 0.2) is 48.4 Å². The van der Waals surface area contributed by atoms with Crippen LogP contribution in [0, 0.1) is 20.8 Å². The molecule has 3 aromatic heterocycles. The van der Waals surface area contributed by atoms with Crippen LogP contribution >= 0.6 is 0 Å². The summed E-state index contributed by atoms with van der Waals surface area (Å²) in [7, 11) is 0. The van der Waals surface area contributed by atoms with Crippen LogP contribution in [0.1, 0.15) is 34.9 Å². The van der Waals surface area contributed by atoms with Gasteiger partial charge in [-0.05, 0) is 61.4 Å². The van der Waals surface area contributed by atoms with Gasteiger partial charge in [-0.15, -0.1) is 5.10 Å². The molecule has 3 heterocycles. The van der Waals surface area contributed by atoms with Gasteiger partial charge >= 0.3 is 0 Å². The van der Waals surface area contributed by atoms with E-state index in [9.17, 15) is 4.79 Å². The number of amides is 1. The normalized spacial score (nSPS) is 18.6. The predicted octanol–water partition coefficient (Wildman–Crippen LogP) is 1.62. The smallest absolute Gasteiger partial charge is 0.244 e. The van der Waals surface area contributed by atoms with E-state index in [0.717, 1.165) is 22.6 Å². The van der Waals surface area contributed by atoms with E-state index < -0.39 is 11.3 Å². The highest BCUT2D eigenvalue weighted by Gasteiger charge is 2.38. The van der Waals surface area contributed by atoms with Crippen molar-refractivity contribution in [3.8, 4) is 0 Å². The number of hydrogen-bond acceptors (Lipinski definition) is 7. The van der Waals surface area contributed by atoms with Gasteiger partial charge in [0.2, 0.25) is 5.91 Å². The first-order valence-electron chi connectivity index (χ1n) is 9.55. The van der Waals surface area contributed by atoms with Gasteiger partial charge in [0.1, 0.15) is 0 Å². The predicted molar refractivity (Wildman–Crippen MR) is 110 cm³/mol. The molecule has 1 aliphatic rings.